The first kappa shape index (κ1) is 25.7. The molecule has 0 spiro atoms. The molecule has 0 aliphatic heterocycles. The highest BCUT2D eigenvalue weighted by Crippen LogP contribution is 2.38. The SMILES string of the molecule is c1ccc(-c2ccc(N(c3ccccc3)c3ccc(-c4nc(-c5ccccc5)c5oc6ccccc6c5n4)cc3)cc2)cc1. The maximum absolute atomic E-state index is 6.28. The molecule has 2 heterocycles. The van der Waals surface area contributed by atoms with Gasteiger partial charge in [0.1, 0.15) is 16.8 Å². The number of hydrogen-bond donors (Lipinski definition) is 0. The minimum Gasteiger partial charge on any atom is -0.452 e. The number of hydrogen-bond acceptors (Lipinski definition) is 4. The number of nitrogens with zero attached hydrogens (tertiary/aromatic N) is 3. The molecule has 208 valence electrons. The molecule has 2 aromatic heterocycles. The fourth-order valence-electron chi connectivity index (χ4n) is 5.73. The van der Waals surface area contributed by atoms with E-state index < -0.39 is 0 Å². The van der Waals surface area contributed by atoms with Crippen LogP contribution in [0.4, 0.5) is 17.1 Å². The lowest BCUT2D eigenvalue weighted by Crippen LogP contribution is -2.09. The van der Waals surface area contributed by atoms with Crippen molar-refractivity contribution in [3.63, 3.8) is 0 Å². The van der Waals surface area contributed by atoms with Gasteiger partial charge in [-0.05, 0) is 71.8 Å². The molecule has 0 saturated heterocycles. The average molecular weight is 566 g/mol. The van der Waals surface area contributed by atoms with E-state index in [0.29, 0.717) is 11.4 Å². The van der Waals surface area contributed by atoms with E-state index in [2.05, 4.69) is 120 Å². The molecule has 0 fully saturated rings. The summed E-state index contributed by atoms with van der Waals surface area (Å²) in [5, 5.41) is 0.981. The Morgan fingerprint density at radius 2 is 0.909 bits per heavy atom. The second-order valence-corrected chi connectivity index (χ2v) is 10.7. The molecule has 4 heteroatoms. The van der Waals surface area contributed by atoms with Crippen molar-refractivity contribution in [1.29, 1.82) is 0 Å². The topological polar surface area (TPSA) is 42.2 Å². The lowest BCUT2D eigenvalue weighted by Gasteiger charge is -2.25. The van der Waals surface area contributed by atoms with Crippen LogP contribution in [0.5, 0.6) is 0 Å². The molecule has 0 bridgehead atoms. The standard InChI is InChI=1S/C40H27N3O/c1-4-12-28(13-5-1)29-20-24-33(25-21-29)43(32-16-8-3-9-17-32)34-26-22-31(23-27-34)40-41-37(30-14-6-2-7-15-30)39-38(42-40)35-18-10-11-19-36(35)44-39/h1-27H. The van der Waals surface area contributed by atoms with E-state index in [9.17, 15) is 0 Å². The summed E-state index contributed by atoms with van der Waals surface area (Å²) in [5.74, 6) is 0.660. The maximum Gasteiger partial charge on any atom is 0.180 e. The Hall–Kier alpha value is -6.00. The van der Waals surface area contributed by atoms with Gasteiger partial charge in [-0.3, -0.25) is 0 Å². The highest BCUT2D eigenvalue weighted by Gasteiger charge is 2.19. The summed E-state index contributed by atoms with van der Waals surface area (Å²) in [6.07, 6.45) is 0. The normalized spacial score (nSPS) is 11.2. The Kier molecular flexibility index (Phi) is 6.43. The van der Waals surface area contributed by atoms with Crippen LogP contribution in [-0.2, 0) is 0 Å². The molecule has 0 N–H and O–H groups in total. The van der Waals surface area contributed by atoms with Crippen LogP contribution in [-0.4, -0.2) is 9.97 Å². The van der Waals surface area contributed by atoms with E-state index >= 15 is 0 Å². The summed E-state index contributed by atoms with van der Waals surface area (Å²) >= 11 is 0. The summed E-state index contributed by atoms with van der Waals surface area (Å²) in [4.78, 5) is 12.3. The Bertz CT molecular complexity index is 2190. The first-order valence-corrected chi connectivity index (χ1v) is 14.7. The maximum atomic E-state index is 6.28. The van der Waals surface area contributed by atoms with Crippen molar-refractivity contribution in [3.8, 4) is 33.8 Å². The quantitative estimate of drug-likeness (QED) is 0.201. The van der Waals surface area contributed by atoms with Crippen LogP contribution in [0, 0.1) is 0 Å². The summed E-state index contributed by atoms with van der Waals surface area (Å²) in [7, 11) is 0. The first-order chi connectivity index (χ1) is 21.8. The average Bonchev–Trinajstić information content (AvgIpc) is 3.49. The Labute approximate surface area is 255 Å². The molecule has 0 unspecified atom stereocenters. The van der Waals surface area contributed by atoms with Gasteiger partial charge in [-0.15, -0.1) is 0 Å². The van der Waals surface area contributed by atoms with Gasteiger partial charge >= 0.3 is 0 Å². The monoisotopic (exact) mass is 565 g/mol. The molecular formula is C40H27N3O. The van der Waals surface area contributed by atoms with Crippen LogP contribution in [0.2, 0.25) is 0 Å². The third-order valence-electron chi connectivity index (χ3n) is 7.90. The van der Waals surface area contributed by atoms with Gasteiger partial charge in [0.05, 0.1) is 0 Å². The van der Waals surface area contributed by atoms with Crippen LogP contribution in [0.25, 0.3) is 55.8 Å². The number of anilines is 3. The van der Waals surface area contributed by atoms with E-state index in [-0.39, 0.29) is 0 Å². The van der Waals surface area contributed by atoms with Crippen molar-refractivity contribution in [3.05, 3.63) is 164 Å². The van der Waals surface area contributed by atoms with Crippen LogP contribution < -0.4 is 4.90 Å². The van der Waals surface area contributed by atoms with Crippen LogP contribution in [0.1, 0.15) is 0 Å². The van der Waals surface area contributed by atoms with Crippen LogP contribution in [0.3, 0.4) is 0 Å². The van der Waals surface area contributed by atoms with Gasteiger partial charge in [0.15, 0.2) is 11.4 Å². The molecule has 0 amide bonds. The molecule has 44 heavy (non-hydrogen) atoms. The van der Waals surface area contributed by atoms with Crippen molar-refractivity contribution in [1.82, 2.24) is 9.97 Å². The molecule has 0 atom stereocenters. The number of para-hydroxylation sites is 2. The largest absolute Gasteiger partial charge is 0.452 e. The smallest absolute Gasteiger partial charge is 0.180 e. The van der Waals surface area contributed by atoms with Gasteiger partial charge in [0, 0.05) is 33.6 Å². The summed E-state index contributed by atoms with van der Waals surface area (Å²) in [5.41, 5.74) is 10.6. The van der Waals surface area contributed by atoms with Crippen LogP contribution >= 0.6 is 0 Å². The lowest BCUT2D eigenvalue weighted by atomic mass is 10.0. The Morgan fingerprint density at radius 1 is 0.409 bits per heavy atom. The first-order valence-electron chi connectivity index (χ1n) is 14.7. The van der Waals surface area contributed by atoms with Crippen molar-refractivity contribution in [2.45, 2.75) is 0 Å². The number of aromatic nitrogens is 2. The van der Waals surface area contributed by atoms with E-state index in [1.807, 2.05) is 48.5 Å². The third kappa shape index (κ3) is 4.69. The molecular weight excluding hydrogens is 538 g/mol. The zero-order chi connectivity index (χ0) is 29.3. The second kappa shape index (κ2) is 11.0. The molecule has 0 aliphatic rings. The van der Waals surface area contributed by atoms with Gasteiger partial charge < -0.3 is 9.32 Å². The predicted molar refractivity (Wildman–Crippen MR) is 180 cm³/mol. The lowest BCUT2D eigenvalue weighted by molar-refractivity contribution is 0.667. The zero-order valence-electron chi connectivity index (χ0n) is 23.8. The molecule has 4 nitrogen and oxygen atoms in total. The van der Waals surface area contributed by atoms with Crippen molar-refractivity contribution < 1.29 is 4.42 Å². The molecule has 6 aromatic carbocycles. The van der Waals surface area contributed by atoms with Crippen molar-refractivity contribution in [2.75, 3.05) is 4.90 Å². The van der Waals surface area contributed by atoms with Gasteiger partial charge in [0.25, 0.3) is 0 Å². The number of benzene rings is 6. The zero-order valence-corrected chi connectivity index (χ0v) is 23.8. The summed E-state index contributed by atoms with van der Waals surface area (Å²) in [6, 6.07) is 56.3. The highest BCUT2D eigenvalue weighted by atomic mass is 16.3. The molecule has 8 aromatic rings. The number of fused-ring (bicyclic) bond motifs is 3. The summed E-state index contributed by atoms with van der Waals surface area (Å²) in [6.45, 7) is 0. The van der Waals surface area contributed by atoms with Gasteiger partial charge in [-0.2, -0.15) is 0 Å². The highest BCUT2D eigenvalue weighted by molar-refractivity contribution is 6.07. The molecule has 0 radical (unpaired) electrons. The van der Waals surface area contributed by atoms with E-state index in [1.54, 1.807) is 0 Å². The molecule has 0 aliphatic carbocycles. The Balaban J connectivity index is 1.22. The van der Waals surface area contributed by atoms with E-state index in [0.717, 1.165) is 50.4 Å². The Morgan fingerprint density at radius 3 is 1.57 bits per heavy atom. The predicted octanol–water partition coefficient (Wildman–Crippen LogP) is 10.8. The van der Waals surface area contributed by atoms with Crippen LogP contribution in [0.15, 0.2) is 168 Å². The second-order valence-electron chi connectivity index (χ2n) is 10.7. The molecule has 8 rings (SSSR count). The minimum absolute atomic E-state index is 0.660. The fraction of sp³-hybridized carbons (Fsp3) is 0. The number of furan rings is 1. The van der Waals surface area contributed by atoms with Crippen molar-refractivity contribution in [2.24, 2.45) is 0 Å². The van der Waals surface area contributed by atoms with E-state index in [1.165, 1.54) is 11.1 Å². The van der Waals surface area contributed by atoms with Gasteiger partial charge in [-0.25, -0.2) is 9.97 Å². The van der Waals surface area contributed by atoms with Gasteiger partial charge in [-0.1, -0.05) is 103 Å². The minimum atomic E-state index is 0.660. The summed E-state index contributed by atoms with van der Waals surface area (Å²) < 4.78 is 6.28. The van der Waals surface area contributed by atoms with Crippen molar-refractivity contribution >= 4 is 39.1 Å². The van der Waals surface area contributed by atoms with E-state index in [4.69, 9.17) is 14.4 Å². The molecule has 0 saturated carbocycles. The third-order valence-corrected chi connectivity index (χ3v) is 7.90. The fourth-order valence-corrected chi connectivity index (χ4v) is 5.73. The number of rotatable bonds is 6. The van der Waals surface area contributed by atoms with Gasteiger partial charge in [0.2, 0.25) is 0 Å².